The Morgan fingerprint density at radius 3 is 2.38 bits per heavy atom. The zero-order valence-corrected chi connectivity index (χ0v) is 12.6. The number of ether oxygens (including phenoxy) is 1. The highest BCUT2D eigenvalue weighted by Crippen LogP contribution is 2.29. The van der Waals surface area contributed by atoms with Gasteiger partial charge in [0.1, 0.15) is 11.4 Å². The minimum atomic E-state index is -0.650. The zero-order chi connectivity index (χ0) is 17.7. The Hall–Kier alpha value is -3.49. The normalized spacial score (nSPS) is 10.0. The molecule has 0 fully saturated rings. The largest absolute Gasteiger partial charge is 0.496 e. The Morgan fingerprint density at radius 1 is 1.08 bits per heavy atom. The van der Waals surface area contributed by atoms with E-state index in [1.54, 1.807) is 6.07 Å². The van der Waals surface area contributed by atoms with Crippen molar-refractivity contribution >= 4 is 23.0 Å². The summed E-state index contributed by atoms with van der Waals surface area (Å²) in [4.78, 5) is 32.9. The molecule has 0 unspecified atom stereocenters. The van der Waals surface area contributed by atoms with Crippen LogP contribution >= 0.6 is 0 Å². The van der Waals surface area contributed by atoms with Gasteiger partial charge in [0.05, 0.1) is 29.4 Å². The molecule has 0 aliphatic carbocycles. The number of nitro groups is 2. The molecule has 1 N–H and O–H groups in total. The van der Waals surface area contributed by atoms with Crippen molar-refractivity contribution in [3.8, 4) is 5.75 Å². The van der Waals surface area contributed by atoms with Crippen LogP contribution in [0.2, 0.25) is 0 Å². The molecule has 0 bridgehead atoms. The molecule has 0 aliphatic rings. The lowest BCUT2D eigenvalue weighted by molar-refractivity contribution is -0.385. The molecule has 2 aromatic carbocycles. The number of rotatable bonds is 6. The summed E-state index contributed by atoms with van der Waals surface area (Å²) in [6.45, 7) is 0. The molecule has 0 aliphatic heterocycles. The van der Waals surface area contributed by atoms with Crippen molar-refractivity contribution in [3.63, 3.8) is 0 Å². The standard InChI is InChI=1S/C15H13N3O6/c1-24-11-6-7-12(14(9-11)18(22)23)16-15(19)8-10-4-2-3-5-13(10)17(20)21/h2-7,9H,8H2,1H3,(H,16,19). The summed E-state index contributed by atoms with van der Waals surface area (Å²) in [5.41, 5.74) is -0.303. The van der Waals surface area contributed by atoms with Gasteiger partial charge in [0, 0.05) is 11.6 Å². The van der Waals surface area contributed by atoms with Crippen molar-refractivity contribution < 1.29 is 19.4 Å². The molecule has 124 valence electrons. The lowest BCUT2D eigenvalue weighted by Gasteiger charge is -2.08. The smallest absolute Gasteiger partial charge is 0.296 e. The zero-order valence-electron chi connectivity index (χ0n) is 12.6. The van der Waals surface area contributed by atoms with Crippen molar-refractivity contribution in [3.05, 3.63) is 68.3 Å². The molecule has 0 aromatic heterocycles. The van der Waals surface area contributed by atoms with E-state index in [-0.39, 0.29) is 34.8 Å². The highest BCUT2D eigenvalue weighted by atomic mass is 16.6. The summed E-state index contributed by atoms with van der Waals surface area (Å²) in [5.74, 6) is -0.323. The fraction of sp³-hybridized carbons (Fsp3) is 0.133. The maximum Gasteiger partial charge on any atom is 0.296 e. The van der Waals surface area contributed by atoms with E-state index in [4.69, 9.17) is 4.74 Å². The van der Waals surface area contributed by atoms with Gasteiger partial charge in [0.15, 0.2) is 0 Å². The van der Waals surface area contributed by atoms with Crippen LogP contribution in [-0.4, -0.2) is 22.9 Å². The highest BCUT2D eigenvalue weighted by molar-refractivity contribution is 5.95. The summed E-state index contributed by atoms with van der Waals surface area (Å²) in [5, 5.41) is 24.4. The van der Waals surface area contributed by atoms with Crippen LogP contribution in [0.25, 0.3) is 0 Å². The number of anilines is 1. The van der Waals surface area contributed by atoms with E-state index in [0.29, 0.717) is 0 Å². The molecule has 0 saturated heterocycles. The lowest BCUT2D eigenvalue weighted by atomic mass is 10.1. The quantitative estimate of drug-likeness (QED) is 0.641. The molecular formula is C15H13N3O6. The van der Waals surface area contributed by atoms with E-state index in [1.807, 2.05) is 0 Å². The number of carbonyl (C=O) groups is 1. The minimum Gasteiger partial charge on any atom is -0.496 e. The summed E-state index contributed by atoms with van der Waals surface area (Å²) < 4.78 is 4.91. The highest BCUT2D eigenvalue weighted by Gasteiger charge is 2.20. The number of benzene rings is 2. The van der Waals surface area contributed by atoms with Crippen LogP contribution < -0.4 is 10.1 Å². The van der Waals surface area contributed by atoms with Crippen LogP contribution in [-0.2, 0) is 11.2 Å². The summed E-state index contributed by atoms with van der Waals surface area (Å²) in [6.07, 6.45) is -0.277. The third kappa shape index (κ3) is 3.83. The maximum absolute atomic E-state index is 12.1. The first kappa shape index (κ1) is 16.9. The molecule has 0 heterocycles. The predicted octanol–water partition coefficient (Wildman–Crippen LogP) is 2.69. The maximum atomic E-state index is 12.1. The fourth-order valence-corrected chi connectivity index (χ4v) is 2.10. The average Bonchev–Trinajstić information content (AvgIpc) is 2.55. The van der Waals surface area contributed by atoms with Gasteiger partial charge in [-0.2, -0.15) is 0 Å². The second-order valence-electron chi connectivity index (χ2n) is 4.75. The van der Waals surface area contributed by atoms with Crippen molar-refractivity contribution in [1.82, 2.24) is 0 Å². The van der Waals surface area contributed by atoms with Crippen LogP contribution in [0.5, 0.6) is 5.75 Å². The van der Waals surface area contributed by atoms with E-state index >= 15 is 0 Å². The van der Waals surface area contributed by atoms with E-state index in [2.05, 4.69) is 5.32 Å². The molecule has 0 spiro atoms. The van der Waals surface area contributed by atoms with E-state index in [9.17, 15) is 25.0 Å². The van der Waals surface area contributed by atoms with Crippen LogP contribution in [0, 0.1) is 20.2 Å². The third-order valence-corrected chi connectivity index (χ3v) is 3.22. The number of amides is 1. The molecule has 24 heavy (non-hydrogen) atoms. The van der Waals surface area contributed by atoms with Gasteiger partial charge in [-0.1, -0.05) is 18.2 Å². The number of methoxy groups -OCH3 is 1. The SMILES string of the molecule is COc1ccc(NC(=O)Cc2ccccc2[N+](=O)[O-])c([N+](=O)[O-])c1. The first-order valence-electron chi connectivity index (χ1n) is 6.77. The molecule has 9 nitrogen and oxygen atoms in total. The number of nitro benzene ring substituents is 2. The molecule has 2 aromatic rings. The minimum absolute atomic E-state index is 0.00983. The summed E-state index contributed by atoms with van der Waals surface area (Å²) >= 11 is 0. The number of carbonyl (C=O) groups excluding carboxylic acids is 1. The third-order valence-electron chi connectivity index (χ3n) is 3.22. The first-order chi connectivity index (χ1) is 11.4. The fourth-order valence-electron chi connectivity index (χ4n) is 2.10. The van der Waals surface area contributed by atoms with Gasteiger partial charge in [-0.15, -0.1) is 0 Å². The molecule has 0 saturated carbocycles. The van der Waals surface area contributed by atoms with Crippen molar-refractivity contribution in [2.75, 3.05) is 12.4 Å². The predicted molar refractivity (Wildman–Crippen MR) is 85.1 cm³/mol. The van der Waals surface area contributed by atoms with Gasteiger partial charge in [-0.3, -0.25) is 25.0 Å². The van der Waals surface area contributed by atoms with Crippen molar-refractivity contribution in [2.45, 2.75) is 6.42 Å². The Bertz CT molecular complexity index is 806. The lowest BCUT2D eigenvalue weighted by Crippen LogP contribution is -2.16. The first-order valence-corrected chi connectivity index (χ1v) is 6.77. The van der Waals surface area contributed by atoms with Gasteiger partial charge in [0.2, 0.25) is 5.91 Å². The monoisotopic (exact) mass is 331 g/mol. The second-order valence-corrected chi connectivity index (χ2v) is 4.75. The molecular weight excluding hydrogens is 318 g/mol. The molecule has 2 rings (SSSR count). The van der Waals surface area contributed by atoms with Gasteiger partial charge >= 0.3 is 0 Å². The number of nitrogens with zero attached hydrogens (tertiary/aromatic N) is 2. The molecule has 1 amide bonds. The summed E-state index contributed by atoms with van der Waals surface area (Å²) in [6, 6.07) is 9.81. The number of nitrogens with one attached hydrogen (secondary N) is 1. The van der Waals surface area contributed by atoms with E-state index in [0.717, 1.165) is 0 Å². The van der Waals surface area contributed by atoms with Crippen molar-refractivity contribution in [2.24, 2.45) is 0 Å². The molecule has 0 atom stereocenters. The van der Waals surface area contributed by atoms with Crippen LogP contribution in [0.15, 0.2) is 42.5 Å². The van der Waals surface area contributed by atoms with Crippen LogP contribution in [0.1, 0.15) is 5.56 Å². The molecule has 9 heteroatoms. The summed E-state index contributed by atoms with van der Waals surface area (Å²) in [7, 11) is 1.37. The van der Waals surface area contributed by atoms with Gasteiger partial charge in [-0.25, -0.2) is 0 Å². The van der Waals surface area contributed by atoms with Crippen LogP contribution in [0.4, 0.5) is 17.1 Å². The Balaban J connectivity index is 2.22. The van der Waals surface area contributed by atoms with Crippen LogP contribution in [0.3, 0.4) is 0 Å². The number of hydrogen-bond donors (Lipinski definition) is 1. The van der Waals surface area contributed by atoms with Gasteiger partial charge in [0.25, 0.3) is 11.4 Å². The average molecular weight is 331 g/mol. The van der Waals surface area contributed by atoms with Crippen molar-refractivity contribution in [1.29, 1.82) is 0 Å². The van der Waals surface area contributed by atoms with Gasteiger partial charge < -0.3 is 10.1 Å². The van der Waals surface area contributed by atoms with Gasteiger partial charge in [-0.05, 0) is 12.1 Å². The second kappa shape index (κ2) is 7.18. The Morgan fingerprint density at radius 2 is 1.75 bits per heavy atom. The topological polar surface area (TPSA) is 125 Å². The van der Waals surface area contributed by atoms with E-state index in [1.165, 1.54) is 43.5 Å². The molecule has 0 radical (unpaired) electrons. The number of para-hydroxylation sites is 1. The number of hydrogen-bond acceptors (Lipinski definition) is 6. The Kier molecular flexibility index (Phi) is 5.05. The van der Waals surface area contributed by atoms with E-state index < -0.39 is 15.8 Å². The Labute approximate surface area is 136 Å².